The summed E-state index contributed by atoms with van der Waals surface area (Å²) < 4.78 is 0. The molecule has 0 amide bonds. The van der Waals surface area contributed by atoms with Crippen LogP contribution in [0, 0.1) is 11.3 Å². The lowest BCUT2D eigenvalue weighted by Crippen LogP contribution is -1.84. The minimum absolute atomic E-state index is 0.431. The van der Waals surface area contributed by atoms with Crippen LogP contribution >= 0.6 is 11.8 Å². The summed E-state index contributed by atoms with van der Waals surface area (Å²) in [5.74, 6) is 0. The van der Waals surface area contributed by atoms with E-state index in [9.17, 15) is 0 Å². The standard InChI is InChI=1S/C12H9N3S/c13-8-10-7-12(5-6-15-10)16-11-3-1-9(14)2-4-11/h1-7H,14H2. The Hall–Kier alpha value is -1.99. The van der Waals surface area contributed by atoms with Crippen molar-refractivity contribution in [1.82, 2.24) is 4.98 Å². The van der Waals surface area contributed by atoms with Crippen LogP contribution < -0.4 is 5.73 Å². The highest BCUT2D eigenvalue weighted by Crippen LogP contribution is 2.27. The summed E-state index contributed by atoms with van der Waals surface area (Å²) in [7, 11) is 0. The van der Waals surface area contributed by atoms with Crippen molar-refractivity contribution in [3.8, 4) is 6.07 Å². The van der Waals surface area contributed by atoms with Gasteiger partial charge in [0.25, 0.3) is 0 Å². The smallest absolute Gasteiger partial charge is 0.141 e. The molecule has 0 spiro atoms. The third-order valence-corrected chi connectivity index (χ3v) is 2.96. The molecule has 0 aliphatic carbocycles. The number of nitriles is 1. The van der Waals surface area contributed by atoms with Crippen molar-refractivity contribution in [3.63, 3.8) is 0 Å². The third kappa shape index (κ3) is 2.53. The van der Waals surface area contributed by atoms with Gasteiger partial charge in [-0.25, -0.2) is 4.98 Å². The SMILES string of the molecule is N#Cc1cc(Sc2ccc(N)cc2)ccn1. The van der Waals surface area contributed by atoms with Gasteiger partial charge in [0, 0.05) is 21.7 Å². The van der Waals surface area contributed by atoms with Crippen LogP contribution in [0.3, 0.4) is 0 Å². The molecule has 16 heavy (non-hydrogen) atoms. The molecule has 1 heterocycles. The predicted molar refractivity (Wildman–Crippen MR) is 63.9 cm³/mol. The zero-order valence-corrected chi connectivity index (χ0v) is 9.24. The van der Waals surface area contributed by atoms with E-state index in [1.54, 1.807) is 24.0 Å². The second-order valence-corrected chi connectivity index (χ2v) is 4.31. The topological polar surface area (TPSA) is 62.7 Å². The van der Waals surface area contributed by atoms with Crippen molar-refractivity contribution in [2.24, 2.45) is 0 Å². The fraction of sp³-hybridized carbons (Fsp3) is 0. The second-order valence-electron chi connectivity index (χ2n) is 3.16. The Morgan fingerprint density at radius 2 is 1.88 bits per heavy atom. The lowest BCUT2D eigenvalue weighted by atomic mass is 10.3. The van der Waals surface area contributed by atoms with Gasteiger partial charge < -0.3 is 5.73 Å². The van der Waals surface area contributed by atoms with Crippen LogP contribution in [0.2, 0.25) is 0 Å². The van der Waals surface area contributed by atoms with Crippen molar-refractivity contribution in [2.75, 3.05) is 5.73 Å². The summed E-state index contributed by atoms with van der Waals surface area (Å²) in [5, 5.41) is 8.73. The van der Waals surface area contributed by atoms with Gasteiger partial charge in [-0.15, -0.1) is 0 Å². The maximum absolute atomic E-state index is 8.73. The maximum Gasteiger partial charge on any atom is 0.141 e. The molecule has 2 aromatic rings. The zero-order valence-electron chi connectivity index (χ0n) is 8.42. The second kappa shape index (κ2) is 4.69. The summed E-state index contributed by atoms with van der Waals surface area (Å²) in [5.41, 5.74) is 6.78. The van der Waals surface area contributed by atoms with Crippen LogP contribution in [-0.4, -0.2) is 4.98 Å². The van der Waals surface area contributed by atoms with E-state index >= 15 is 0 Å². The minimum Gasteiger partial charge on any atom is -0.399 e. The Bertz CT molecular complexity index is 529. The van der Waals surface area contributed by atoms with E-state index in [0.29, 0.717) is 5.69 Å². The van der Waals surface area contributed by atoms with Crippen molar-refractivity contribution in [3.05, 3.63) is 48.3 Å². The number of hydrogen-bond donors (Lipinski definition) is 1. The van der Waals surface area contributed by atoms with Crippen LogP contribution in [0.25, 0.3) is 0 Å². The summed E-state index contributed by atoms with van der Waals surface area (Å²) in [6.45, 7) is 0. The number of nitrogen functional groups attached to an aromatic ring is 1. The first-order valence-corrected chi connectivity index (χ1v) is 5.49. The Morgan fingerprint density at radius 3 is 2.56 bits per heavy atom. The molecule has 2 N–H and O–H groups in total. The van der Waals surface area contributed by atoms with Gasteiger partial charge in [-0.1, -0.05) is 11.8 Å². The molecule has 0 aliphatic rings. The molecule has 0 fully saturated rings. The third-order valence-electron chi connectivity index (χ3n) is 1.96. The number of aromatic nitrogens is 1. The highest BCUT2D eigenvalue weighted by atomic mass is 32.2. The molecule has 0 unspecified atom stereocenters. The van der Waals surface area contributed by atoms with Crippen molar-refractivity contribution < 1.29 is 0 Å². The van der Waals surface area contributed by atoms with Gasteiger partial charge in [-0.05, 0) is 36.4 Å². The first-order chi connectivity index (χ1) is 7.78. The van der Waals surface area contributed by atoms with Gasteiger partial charge >= 0.3 is 0 Å². The molecule has 0 atom stereocenters. The van der Waals surface area contributed by atoms with E-state index in [1.165, 1.54) is 0 Å². The molecular weight excluding hydrogens is 218 g/mol. The van der Waals surface area contributed by atoms with Crippen molar-refractivity contribution in [1.29, 1.82) is 5.26 Å². The molecule has 0 radical (unpaired) electrons. The molecule has 3 nitrogen and oxygen atoms in total. The molecule has 1 aromatic heterocycles. The molecule has 78 valence electrons. The first-order valence-electron chi connectivity index (χ1n) is 4.67. The highest BCUT2D eigenvalue weighted by molar-refractivity contribution is 7.99. The van der Waals surface area contributed by atoms with Crippen molar-refractivity contribution >= 4 is 17.4 Å². The number of pyridine rings is 1. The van der Waals surface area contributed by atoms with Gasteiger partial charge in [0.2, 0.25) is 0 Å². The predicted octanol–water partition coefficient (Wildman–Crippen LogP) is 2.69. The highest BCUT2D eigenvalue weighted by Gasteiger charge is 1.99. The normalized spacial score (nSPS) is 9.69. The lowest BCUT2D eigenvalue weighted by Gasteiger charge is -2.01. The van der Waals surface area contributed by atoms with E-state index in [-0.39, 0.29) is 0 Å². The van der Waals surface area contributed by atoms with Gasteiger partial charge in [0.1, 0.15) is 11.8 Å². The van der Waals surface area contributed by atoms with Gasteiger partial charge in [-0.3, -0.25) is 0 Å². The first kappa shape index (κ1) is 10.5. The Labute approximate surface area is 97.9 Å². The van der Waals surface area contributed by atoms with Crippen LogP contribution in [0.5, 0.6) is 0 Å². The van der Waals surface area contributed by atoms with E-state index in [1.807, 2.05) is 36.4 Å². The number of nitrogens with two attached hydrogens (primary N) is 1. The fourth-order valence-corrected chi connectivity index (χ4v) is 2.05. The zero-order chi connectivity index (χ0) is 11.4. The number of nitrogens with zero attached hydrogens (tertiary/aromatic N) is 2. The van der Waals surface area contributed by atoms with Gasteiger partial charge in [0.15, 0.2) is 0 Å². The number of rotatable bonds is 2. The molecule has 0 aliphatic heterocycles. The summed E-state index contributed by atoms with van der Waals surface area (Å²) in [6, 6.07) is 13.3. The Balaban J connectivity index is 2.21. The fourth-order valence-electron chi connectivity index (χ4n) is 1.21. The van der Waals surface area contributed by atoms with Crippen LogP contribution in [0.4, 0.5) is 5.69 Å². The Kier molecular flexibility index (Phi) is 3.08. The number of benzene rings is 1. The summed E-state index contributed by atoms with van der Waals surface area (Å²) in [6.07, 6.45) is 1.64. The molecule has 2 rings (SSSR count). The average molecular weight is 227 g/mol. The van der Waals surface area contributed by atoms with Gasteiger partial charge in [-0.2, -0.15) is 5.26 Å². The molecule has 0 saturated carbocycles. The van der Waals surface area contributed by atoms with Gasteiger partial charge in [0.05, 0.1) is 0 Å². The summed E-state index contributed by atoms with van der Waals surface area (Å²) in [4.78, 5) is 6.00. The van der Waals surface area contributed by atoms with Crippen LogP contribution in [0.15, 0.2) is 52.4 Å². The summed E-state index contributed by atoms with van der Waals surface area (Å²) >= 11 is 1.58. The molecule has 0 saturated heterocycles. The lowest BCUT2D eigenvalue weighted by molar-refractivity contribution is 1.21. The Morgan fingerprint density at radius 1 is 1.12 bits per heavy atom. The largest absolute Gasteiger partial charge is 0.399 e. The molecule has 1 aromatic carbocycles. The van der Waals surface area contributed by atoms with Crippen LogP contribution in [-0.2, 0) is 0 Å². The number of anilines is 1. The molecular formula is C12H9N3S. The van der Waals surface area contributed by atoms with Crippen LogP contribution in [0.1, 0.15) is 5.69 Å². The molecule has 0 bridgehead atoms. The quantitative estimate of drug-likeness (QED) is 0.801. The minimum atomic E-state index is 0.431. The average Bonchev–Trinajstić information content (AvgIpc) is 2.32. The maximum atomic E-state index is 8.73. The van der Waals surface area contributed by atoms with E-state index in [4.69, 9.17) is 11.0 Å². The van der Waals surface area contributed by atoms with E-state index in [0.717, 1.165) is 15.5 Å². The monoisotopic (exact) mass is 227 g/mol. The number of hydrogen-bond acceptors (Lipinski definition) is 4. The van der Waals surface area contributed by atoms with E-state index in [2.05, 4.69) is 4.98 Å². The van der Waals surface area contributed by atoms with E-state index < -0.39 is 0 Å². The van der Waals surface area contributed by atoms with Crippen molar-refractivity contribution in [2.45, 2.75) is 9.79 Å². The molecule has 4 heteroatoms.